The minimum absolute atomic E-state index is 0.104. The van der Waals surface area contributed by atoms with E-state index in [1.165, 1.54) is 18.4 Å². The average Bonchev–Trinajstić information content (AvgIpc) is 3.15. The first-order valence-corrected chi connectivity index (χ1v) is 6.32. The number of piperazine rings is 1. The van der Waals surface area contributed by atoms with Gasteiger partial charge in [-0.3, -0.25) is 0 Å². The monoisotopic (exact) mass is 216 g/mol. The highest BCUT2D eigenvalue weighted by Gasteiger charge is 2.38. The van der Waals surface area contributed by atoms with Crippen LogP contribution in [-0.2, 0) is 5.54 Å². The zero-order valence-electron chi connectivity index (χ0n) is 9.87. The third-order valence-corrected chi connectivity index (χ3v) is 4.03. The predicted octanol–water partition coefficient (Wildman–Crippen LogP) is 1.87. The average molecular weight is 216 g/mol. The number of nitrogens with one attached hydrogen (secondary N) is 2. The minimum atomic E-state index is 0.104. The van der Waals surface area contributed by atoms with Crippen LogP contribution in [0.2, 0.25) is 0 Å². The molecule has 0 spiro atoms. The summed E-state index contributed by atoms with van der Waals surface area (Å²) in [6.45, 7) is 4.44. The Hall–Kier alpha value is -0.860. The molecule has 1 aromatic carbocycles. The summed E-state index contributed by atoms with van der Waals surface area (Å²) < 4.78 is 0. The first-order chi connectivity index (χ1) is 7.78. The molecule has 1 heterocycles. The summed E-state index contributed by atoms with van der Waals surface area (Å²) in [6, 6.07) is 11.5. The number of hydrogen-bond acceptors (Lipinski definition) is 2. The quantitative estimate of drug-likeness (QED) is 0.788. The fraction of sp³-hybridized carbons (Fsp3) is 0.571. The molecule has 2 nitrogen and oxygen atoms in total. The molecule has 2 fully saturated rings. The standard InChI is InChI=1S/C14H20N2/c1-14(12-5-3-2-4-6-12)10-15-13(9-16-14)11-7-8-11/h2-6,11,13,15-16H,7-10H2,1H3. The second-order valence-electron chi connectivity index (χ2n) is 5.40. The van der Waals surface area contributed by atoms with Crippen LogP contribution in [0.4, 0.5) is 0 Å². The fourth-order valence-electron chi connectivity index (χ4n) is 2.65. The molecule has 0 radical (unpaired) electrons. The van der Waals surface area contributed by atoms with E-state index in [2.05, 4.69) is 47.9 Å². The molecule has 1 aliphatic heterocycles. The van der Waals surface area contributed by atoms with Crippen molar-refractivity contribution in [2.45, 2.75) is 31.3 Å². The summed E-state index contributed by atoms with van der Waals surface area (Å²) in [5, 5.41) is 7.43. The number of hydrogen-bond donors (Lipinski definition) is 2. The van der Waals surface area contributed by atoms with E-state index in [1.54, 1.807) is 0 Å². The molecule has 2 atom stereocenters. The van der Waals surface area contributed by atoms with E-state index >= 15 is 0 Å². The van der Waals surface area contributed by atoms with Gasteiger partial charge in [0.25, 0.3) is 0 Å². The van der Waals surface area contributed by atoms with E-state index in [0.717, 1.165) is 19.0 Å². The van der Waals surface area contributed by atoms with Crippen molar-refractivity contribution < 1.29 is 0 Å². The van der Waals surface area contributed by atoms with E-state index in [0.29, 0.717) is 6.04 Å². The first-order valence-electron chi connectivity index (χ1n) is 6.32. The van der Waals surface area contributed by atoms with Gasteiger partial charge in [0.05, 0.1) is 5.54 Å². The van der Waals surface area contributed by atoms with E-state index in [-0.39, 0.29) is 5.54 Å². The maximum atomic E-state index is 3.72. The largest absolute Gasteiger partial charge is 0.310 e. The van der Waals surface area contributed by atoms with E-state index in [9.17, 15) is 0 Å². The Bertz CT molecular complexity index is 348. The molecule has 16 heavy (non-hydrogen) atoms. The van der Waals surface area contributed by atoms with Gasteiger partial charge in [-0.25, -0.2) is 0 Å². The Morgan fingerprint density at radius 3 is 2.50 bits per heavy atom. The van der Waals surface area contributed by atoms with Crippen molar-refractivity contribution >= 4 is 0 Å². The van der Waals surface area contributed by atoms with Gasteiger partial charge in [-0.2, -0.15) is 0 Å². The molecule has 1 saturated carbocycles. The van der Waals surface area contributed by atoms with Crippen molar-refractivity contribution in [3.63, 3.8) is 0 Å². The second kappa shape index (κ2) is 3.86. The highest BCUT2D eigenvalue weighted by molar-refractivity contribution is 5.25. The number of rotatable bonds is 2. The van der Waals surface area contributed by atoms with Gasteiger partial charge in [-0.15, -0.1) is 0 Å². The lowest BCUT2D eigenvalue weighted by molar-refractivity contribution is 0.242. The first kappa shape index (κ1) is 10.3. The van der Waals surface area contributed by atoms with Gasteiger partial charge >= 0.3 is 0 Å². The summed E-state index contributed by atoms with van der Waals surface area (Å²) in [6.07, 6.45) is 2.84. The zero-order chi connectivity index (χ0) is 11.0. The van der Waals surface area contributed by atoms with Gasteiger partial charge in [0.1, 0.15) is 0 Å². The van der Waals surface area contributed by atoms with Gasteiger partial charge in [0, 0.05) is 19.1 Å². The topological polar surface area (TPSA) is 24.1 Å². The molecule has 2 aliphatic rings. The lowest BCUT2D eigenvalue weighted by Gasteiger charge is -2.40. The highest BCUT2D eigenvalue weighted by atomic mass is 15.1. The second-order valence-corrected chi connectivity index (χ2v) is 5.40. The molecular formula is C14H20N2. The van der Waals surface area contributed by atoms with Crippen molar-refractivity contribution in [1.82, 2.24) is 10.6 Å². The Morgan fingerprint density at radius 2 is 1.94 bits per heavy atom. The van der Waals surface area contributed by atoms with Crippen LogP contribution in [0.25, 0.3) is 0 Å². The Kier molecular flexibility index (Phi) is 2.49. The van der Waals surface area contributed by atoms with Crippen LogP contribution < -0.4 is 10.6 Å². The van der Waals surface area contributed by atoms with Crippen LogP contribution in [0.3, 0.4) is 0 Å². The van der Waals surface area contributed by atoms with E-state index < -0.39 is 0 Å². The summed E-state index contributed by atoms with van der Waals surface area (Å²) >= 11 is 0. The molecule has 1 aliphatic carbocycles. The van der Waals surface area contributed by atoms with Crippen LogP contribution in [0.15, 0.2) is 30.3 Å². The maximum Gasteiger partial charge on any atom is 0.0533 e. The van der Waals surface area contributed by atoms with Crippen molar-refractivity contribution in [1.29, 1.82) is 0 Å². The van der Waals surface area contributed by atoms with Crippen molar-refractivity contribution in [2.24, 2.45) is 5.92 Å². The third-order valence-electron chi connectivity index (χ3n) is 4.03. The zero-order valence-corrected chi connectivity index (χ0v) is 9.87. The van der Waals surface area contributed by atoms with Crippen LogP contribution in [0.5, 0.6) is 0 Å². The molecule has 0 amide bonds. The van der Waals surface area contributed by atoms with Gasteiger partial charge in [0.2, 0.25) is 0 Å². The molecule has 2 unspecified atom stereocenters. The SMILES string of the molecule is CC1(c2ccccc2)CNC(C2CC2)CN1. The summed E-state index contributed by atoms with van der Waals surface area (Å²) in [5.41, 5.74) is 1.49. The van der Waals surface area contributed by atoms with Gasteiger partial charge in [-0.05, 0) is 31.2 Å². The molecule has 1 aromatic rings. The molecule has 3 rings (SSSR count). The lowest BCUT2D eigenvalue weighted by atomic mass is 9.89. The Morgan fingerprint density at radius 1 is 1.19 bits per heavy atom. The van der Waals surface area contributed by atoms with Crippen LogP contribution in [0.1, 0.15) is 25.3 Å². The summed E-state index contributed by atoms with van der Waals surface area (Å²) in [7, 11) is 0. The molecule has 1 saturated heterocycles. The molecule has 86 valence electrons. The fourth-order valence-corrected chi connectivity index (χ4v) is 2.65. The molecular weight excluding hydrogens is 196 g/mol. The molecule has 2 N–H and O–H groups in total. The van der Waals surface area contributed by atoms with Crippen molar-refractivity contribution in [2.75, 3.05) is 13.1 Å². The Balaban J connectivity index is 1.71. The molecule has 2 heteroatoms. The highest BCUT2D eigenvalue weighted by Crippen LogP contribution is 2.34. The maximum absolute atomic E-state index is 3.72. The van der Waals surface area contributed by atoms with Crippen LogP contribution in [0, 0.1) is 5.92 Å². The summed E-state index contributed by atoms with van der Waals surface area (Å²) in [4.78, 5) is 0. The molecule has 0 aromatic heterocycles. The van der Waals surface area contributed by atoms with Gasteiger partial charge < -0.3 is 10.6 Å². The number of benzene rings is 1. The van der Waals surface area contributed by atoms with Crippen molar-refractivity contribution in [3.8, 4) is 0 Å². The Labute approximate surface area is 97.4 Å². The van der Waals surface area contributed by atoms with E-state index in [1.807, 2.05) is 0 Å². The predicted molar refractivity (Wildman–Crippen MR) is 66.3 cm³/mol. The summed E-state index contributed by atoms with van der Waals surface area (Å²) in [5.74, 6) is 0.938. The smallest absolute Gasteiger partial charge is 0.0533 e. The van der Waals surface area contributed by atoms with Gasteiger partial charge in [-0.1, -0.05) is 30.3 Å². The van der Waals surface area contributed by atoms with Crippen LogP contribution >= 0.6 is 0 Å². The van der Waals surface area contributed by atoms with E-state index in [4.69, 9.17) is 0 Å². The minimum Gasteiger partial charge on any atom is -0.310 e. The lowest BCUT2D eigenvalue weighted by Crippen LogP contribution is -2.60. The third kappa shape index (κ3) is 1.87. The molecule has 0 bridgehead atoms. The van der Waals surface area contributed by atoms with Gasteiger partial charge in [0.15, 0.2) is 0 Å². The van der Waals surface area contributed by atoms with Crippen molar-refractivity contribution in [3.05, 3.63) is 35.9 Å². The van der Waals surface area contributed by atoms with Crippen LogP contribution in [-0.4, -0.2) is 19.1 Å². The normalized spacial score (nSPS) is 34.9.